The van der Waals surface area contributed by atoms with Gasteiger partial charge in [-0.15, -0.1) is 0 Å². The molecule has 0 saturated heterocycles. The Morgan fingerprint density at radius 2 is 0.591 bits per heavy atom. The topological polar surface area (TPSA) is 45.5 Å². The lowest BCUT2D eigenvalue weighted by Crippen LogP contribution is -2.04. The SMILES string of the molecule is c1ccc(-n2c3ccccc3c3c(-c4cccc5c4c4ccccc4n5-c4ccc5cc(-c6nc(-n7c8ccccc8c8c(-c9cccc%10c9c9ccccc9n%10-c9ccccc9)cccc87)nc7c6ccc6ccccc67)ccc5c4)cccc32)cc1. The highest BCUT2D eigenvalue weighted by molar-refractivity contribution is 6.24. The number of hydrogen-bond donors (Lipinski definition) is 0. The van der Waals surface area contributed by atoms with Crippen LogP contribution in [-0.4, -0.2) is 28.2 Å². The summed E-state index contributed by atoms with van der Waals surface area (Å²) in [7, 11) is 0. The van der Waals surface area contributed by atoms with Crippen molar-refractivity contribution in [2.75, 3.05) is 0 Å². The molecule has 5 heterocycles. The number of fused-ring (bicyclic) bond motifs is 16. The third-order valence-corrected chi connectivity index (χ3v) is 18.5. The van der Waals surface area contributed by atoms with Crippen LogP contribution in [0, 0.1) is 0 Å². The van der Waals surface area contributed by atoms with Crippen molar-refractivity contribution in [1.82, 2.24) is 28.2 Å². The van der Waals surface area contributed by atoms with Crippen molar-refractivity contribution in [2.45, 2.75) is 0 Å². The smallest absolute Gasteiger partial charge is 0.235 e. The van der Waals surface area contributed by atoms with Crippen LogP contribution in [0.2, 0.25) is 0 Å². The number of rotatable bonds is 7. The largest absolute Gasteiger partial charge is 0.309 e. The van der Waals surface area contributed by atoms with Crippen LogP contribution in [0.1, 0.15) is 0 Å². The maximum absolute atomic E-state index is 5.71. The highest BCUT2D eigenvalue weighted by atomic mass is 15.2. The first-order valence-corrected chi connectivity index (χ1v) is 30.1. The number of para-hydroxylation sites is 6. The van der Waals surface area contributed by atoms with Crippen molar-refractivity contribution in [1.29, 1.82) is 0 Å². The predicted molar refractivity (Wildman–Crippen MR) is 368 cm³/mol. The summed E-state index contributed by atoms with van der Waals surface area (Å²) in [6.07, 6.45) is 0. The maximum atomic E-state index is 5.71. The Hall–Kier alpha value is -11.9. The van der Waals surface area contributed by atoms with Gasteiger partial charge in [0.15, 0.2) is 0 Å². The molecule has 0 atom stereocenters. The lowest BCUT2D eigenvalue weighted by molar-refractivity contribution is 1.02. The Kier molecular flexibility index (Phi) is 10.4. The molecule has 5 aromatic heterocycles. The first-order chi connectivity index (χ1) is 43.7. The van der Waals surface area contributed by atoms with Crippen molar-refractivity contribution in [3.63, 3.8) is 0 Å². The van der Waals surface area contributed by atoms with E-state index in [-0.39, 0.29) is 0 Å². The summed E-state index contributed by atoms with van der Waals surface area (Å²) in [6.45, 7) is 0. The summed E-state index contributed by atoms with van der Waals surface area (Å²) in [5.74, 6) is 0.625. The van der Waals surface area contributed by atoms with Gasteiger partial charge in [-0.2, -0.15) is 0 Å². The Labute approximate surface area is 504 Å². The normalized spacial score (nSPS) is 12.1. The van der Waals surface area contributed by atoms with Gasteiger partial charge in [0.2, 0.25) is 5.95 Å². The minimum Gasteiger partial charge on any atom is -0.309 e. The standard InChI is InChI=1S/C82H50N6/c1-3-22-55(23-4-1)85-68-35-13-9-27-63(68)76-59(31-17-39-72(76)85)60-33-19-41-74-78(60)65-29-11-15-37-70(65)87(74)57-47-45-52-49-54(44-43-53(52)50-57)80-67-48-46-51-21-7-8-26-58(51)81(67)84-82(83-80)88-71-38-16-12-30-66(71)79-62(34-20-42-75(79)88)61-32-18-40-73-77(61)64-28-10-14-36-69(64)86(73)56-24-5-2-6-25-56/h1-50H. The second-order valence-corrected chi connectivity index (χ2v) is 23.2. The molecule has 88 heavy (non-hydrogen) atoms. The molecule has 0 aliphatic heterocycles. The van der Waals surface area contributed by atoms with E-state index in [2.05, 4.69) is 322 Å². The molecule has 19 aromatic rings. The summed E-state index contributed by atoms with van der Waals surface area (Å²) in [6, 6.07) is 111. The Bertz CT molecular complexity index is 6120. The molecule has 0 radical (unpaired) electrons. The Balaban J connectivity index is 0.778. The van der Waals surface area contributed by atoms with Crippen molar-refractivity contribution in [3.05, 3.63) is 303 Å². The van der Waals surface area contributed by atoms with Crippen molar-refractivity contribution >= 4 is 120 Å². The molecule has 14 aromatic carbocycles. The second-order valence-electron chi connectivity index (χ2n) is 23.2. The van der Waals surface area contributed by atoms with Crippen LogP contribution >= 0.6 is 0 Å². The van der Waals surface area contributed by atoms with Gasteiger partial charge in [0.05, 0.1) is 55.3 Å². The Morgan fingerprint density at radius 3 is 1.09 bits per heavy atom. The van der Waals surface area contributed by atoms with E-state index in [1.165, 1.54) is 71.1 Å². The first kappa shape index (κ1) is 48.5. The minimum absolute atomic E-state index is 0.625. The van der Waals surface area contributed by atoms with Crippen LogP contribution in [-0.2, 0) is 0 Å². The second kappa shape index (κ2) is 18.8. The van der Waals surface area contributed by atoms with Crippen molar-refractivity contribution < 1.29 is 0 Å². The molecule has 19 rings (SSSR count). The molecule has 0 fully saturated rings. The fourth-order valence-corrected chi connectivity index (χ4v) is 14.9. The lowest BCUT2D eigenvalue weighted by atomic mass is 9.95. The van der Waals surface area contributed by atoms with Gasteiger partial charge in [0, 0.05) is 76.5 Å². The van der Waals surface area contributed by atoms with Gasteiger partial charge < -0.3 is 13.7 Å². The van der Waals surface area contributed by atoms with Crippen LogP contribution < -0.4 is 0 Å². The lowest BCUT2D eigenvalue weighted by Gasteiger charge is -2.14. The monoisotopic (exact) mass is 1120 g/mol. The van der Waals surface area contributed by atoms with Gasteiger partial charge >= 0.3 is 0 Å². The van der Waals surface area contributed by atoms with Crippen molar-refractivity contribution in [3.8, 4) is 56.5 Å². The van der Waals surface area contributed by atoms with Crippen LogP contribution in [0.4, 0.5) is 0 Å². The van der Waals surface area contributed by atoms with E-state index in [1.54, 1.807) is 0 Å². The highest BCUT2D eigenvalue weighted by Gasteiger charge is 2.25. The summed E-state index contributed by atoms with van der Waals surface area (Å²) >= 11 is 0. The summed E-state index contributed by atoms with van der Waals surface area (Å²) < 4.78 is 9.54. The molecule has 0 aliphatic carbocycles. The van der Waals surface area contributed by atoms with Gasteiger partial charge in [-0.05, 0) is 135 Å². The Morgan fingerprint density at radius 1 is 0.216 bits per heavy atom. The summed E-state index contributed by atoms with van der Waals surface area (Å²) in [5.41, 5.74) is 20.1. The van der Waals surface area contributed by atoms with E-state index in [0.717, 1.165) is 99.2 Å². The van der Waals surface area contributed by atoms with Crippen LogP contribution in [0.3, 0.4) is 0 Å². The molecule has 6 heteroatoms. The molecular formula is C82H50N6. The van der Waals surface area contributed by atoms with Crippen LogP contribution in [0.25, 0.3) is 176 Å². The van der Waals surface area contributed by atoms with Crippen molar-refractivity contribution in [2.24, 2.45) is 0 Å². The maximum Gasteiger partial charge on any atom is 0.235 e. The molecule has 0 spiro atoms. The molecule has 0 aliphatic rings. The van der Waals surface area contributed by atoms with E-state index < -0.39 is 0 Å². The number of nitrogens with zero attached hydrogens (tertiary/aromatic N) is 6. The van der Waals surface area contributed by atoms with Gasteiger partial charge in [-0.25, -0.2) is 9.97 Å². The van der Waals surface area contributed by atoms with Crippen LogP contribution in [0.15, 0.2) is 303 Å². The molecule has 0 saturated carbocycles. The number of benzene rings is 14. The van der Waals surface area contributed by atoms with Gasteiger partial charge in [-0.1, -0.05) is 206 Å². The highest BCUT2D eigenvalue weighted by Crippen LogP contribution is 2.47. The zero-order valence-corrected chi connectivity index (χ0v) is 47.6. The quantitative estimate of drug-likeness (QED) is 0.149. The molecule has 408 valence electrons. The number of hydrogen-bond acceptors (Lipinski definition) is 2. The van der Waals surface area contributed by atoms with E-state index >= 15 is 0 Å². The molecule has 0 bridgehead atoms. The third-order valence-electron chi connectivity index (χ3n) is 18.5. The molecule has 0 amide bonds. The zero-order chi connectivity index (χ0) is 57.6. The zero-order valence-electron chi connectivity index (χ0n) is 47.6. The molecular weight excluding hydrogens is 1070 g/mol. The van der Waals surface area contributed by atoms with Gasteiger partial charge in [0.1, 0.15) is 0 Å². The predicted octanol–water partition coefficient (Wildman–Crippen LogP) is 21.3. The fraction of sp³-hybridized carbons (Fsp3) is 0. The van der Waals surface area contributed by atoms with E-state index in [0.29, 0.717) is 5.95 Å². The van der Waals surface area contributed by atoms with E-state index in [4.69, 9.17) is 9.97 Å². The molecule has 0 unspecified atom stereocenters. The first-order valence-electron chi connectivity index (χ1n) is 30.1. The van der Waals surface area contributed by atoms with Gasteiger partial charge in [0.25, 0.3) is 0 Å². The van der Waals surface area contributed by atoms with Gasteiger partial charge in [-0.3, -0.25) is 4.57 Å². The fourth-order valence-electron chi connectivity index (χ4n) is 14.9. The number of aromatic nitrogens is 6. The average molecular weight is 1120 g/mol. The van der Waals surface area contributed by atoms with E-state index in [1.807, 2.05) is 0 Å². The minimum atomic E-state index is 0.625. The molecule has 0 N–H and O–H groups in total. The summed E-state index contributed by atoms with van der Waals surface area (Å²) in [4.78, 5) is 11.3. The van der Waals surface area contributed by atoms with E-state index in [9.17, 15) is 0 Å². The molecule has 6 nitrogen and oxygen atoms in total. The summed E-state index contributed by atoms with van der Waals surface area (Å²) in [5, 5.41) is 15.2. The van der Waals surface area contributed by atoms with Crippen LogP contribution in [0.5, 0.6) is 0 Å². The third kappa shape index (κ3) is 6.99. The average Bonchev–Trinajstić information content (AvgIpc) is 1.64.